The molecule has 0 amide bonds. The van der Waals surface area contributed by atoms with Gasteiger partial charge < -0.3 is 4.90 Å². The zero-order valence-corrected chi connectivity index (χ0v) is 11.9. The van der Waals surface area contributed by atoms with Gasteiger partial charge in [0.1, 0.15) is 11.4 Å². The van der Waals surface area contributed by atoms with Crippen LogP contribution in [0.3, 0.4) is 0 Å². The molecule has 0 spiro atoms. The van der Waals surface area contributed by atoms with E-state index >= 15 is 0 Å². The lowest BCUT2D eigenvalue weighted by Crippen LogP contribution is -2.07. The summed E-state index contributed by atoms with van der Waals surface area (Å²) in [6.07, 6.45) is 0. The summed E-state index contributed by atoms with van der Waals surface area (Å²) in [5, 5.41) is 16.2. The van der Waals surface area contributed by atoms with Crippen molar-refractivity contribution < 1.29 is 0 Å². The van der Waals surface area contributed by atoms with Crippen LogP contribution in [0.25, 0.3) is 0 Å². The number of hydrogen-bond acceptors (Lipinski definition) is 5. The van der Waals surface area contributed by atoms with E-state index in [2.05, 4.69) is 20.5 Å². The van der Waals surface area contributed by atoms with Gasteiger partial charge in [-0.15, -0.1) is 5.11 Å². The van der Waals surface area contributed by atoms with Crippen molar-refractivity contribution in [1.82, 2.24) is 0 Å². The second-order valence-corrected chi connectivity index (χ2v) is 4.40. The lowest BCUT2D eigenvalue weighted by molar-refractivity contribution is 1.13. The Morgan fingerprint density at radius 1 is 0.750 bits per heavy atom. The smallest absolute Gasteiger partial charge is 0.113 e. The Kier molecular flexibility index (Phi) is 4.55. The Morgan fingerprint density at radius 3 is 1.90 bits per heavy atom. The number of benzene rings is 2. The summed E-state index contributed by atoms with van der Waals surface area (Å²) in [4.78, 5) is 2.04. The van der Waals surface area contributed by atoms with Gasteiger partial charge in [0.25, 0.3) is 0 Å². The van der Waals surface area contributed by atoms with Crippen LogP contribution in [0.1, 0.15) is 0 Å². The first-order valence-corrected chi connectivity index (χ1v) is 6.28. The Hall–Kier alpha value is -2.56. The van der Waals surface area contributed by atoms with Crippen molar-refractivity contribution in [3.05, 3.63) is 48.5 Å². The van der Waals surface area contributed by atoms with Crippen molar-refractivity contribution in [2.24, 2.45) is 20.5 Å². The number of nitrogens with zero attached hydrogens (tertiary/aromatic N) is 5. The third-order valence-electron chi connectivity index (χ3n) is 2.73. The molecule has 2 rings (SSSR count). The summed E-state index contributed by atoms with van der Waals surface area (Å²) in [6, 6.07) is 15.4. The van der Waals surface area contributed by atoms with Crippen molar-refractivity contribution in [2.45, 2.75) is 0 Å². The fraction of sp³-hybridized carbons (Fsp3) is 0.200. The largest absolute Gasteiger partial charge is 0.378 e. The van der Waals surface area contributed by atoms with Gasteiger partial charge in [-0.25, -0.2) is 0 Å². The predicted molar refractivity (Wildman–Crippen MR) is 81.8 cm³/mol. The lowest BCUT2D eigenvalue weighted by Gasteiger charge is -2.11. The van der Waals surface area contributed by atoms with Crippen LogP contribution in [0.15, 0.2) is 69.0 Å². The molecule has 2 aromatic rings. The van der Waals surface area contributed by atoms with Gasteiger partial charge in [-0.3, -0.25) is 0 Å². The normalized spacial score (nSPS) is 11.3. The maximum atomic E-state index is 4.23. The Labute approximate surface area is 118 Å². The molecule has 5 nitrogen and oxygen atoms in total. The Bertz CT molecular complexity index is 614. The maximum Gasteiger partial charge on any atom is 0.113 e. The standard InChI is InChI=1S/C15H17N5/c1-16-18-14-6-4-5-7-15(14)19-17-12-8-10-13(11-9-12)20(2)3/h4-11H,1-3H3. The molecular formula is C15H17N5. The molecule has 0 radical (unpaired) electrons. The highest BCUT2D eigenvalue weighted by Crippen LogP contribution is 2.29. The highest BCUT2D eigenvalue weighted by molar-refractivity contribution is 5.61. The lowest BCUT2D eigenvalue weighted by atomic mass is 10.3. The predicted octanol–water partition coefficient (Wildman–Crippen LogP) is 4.88. The van der Waals surface area contributed by atoms with E-state index in [0.29, 0.717) is 11.4 Å². The van der Waals surface area contributed by atoms with Crippen molar-refractivity contribution in [2.75, 3.05) is 26.0 Å². The molecule has 0 fully saturated rings. The van der Waals surface area contributed by atoms with E-state index in [-0.39, 0.29) is 0 Å². The summed E-state index contributed by atoms with van der Waals surface area (Å²) in [5.41, 5.74) is 3.35. The Morgan fingerprint density at radius 2 is 1.35 bits per heavy atom. The van der Waals surface area contributed by atoms with Crippen LogP contribution in [0, 0.1) is 0 Å². The van der Waals surface area contributed by atoms with Crippen LogP contribution in [0.2, 0.25) is 0 Å². The van der Waals surface area contributed by atoms with Gasteiger partial charge in [0.2, 0.25) is 0 Å². The zero-order valence-electron chi connectivity index (χ0n) is 11.9. The van der Waals surface area contributed by atoms with Crippen LogP contribution in [-0.2, 0) is 0 Å². The molecule has 0 unspecified atom stereocenters. The highest BCUT2D eigenvalue weighted by atomic mass is 15.1. The van der Waals surface area contributed by atoms with E-state index in [0.717, 1.165) is 11.4 Å². The third-order valence-corrected chi connectivity index (χ3v) is 2.73. The second-order valence-electron chi connectivity index (χ2n) is 4.40. The molecule has 0 saturated heterocycles. The van der Waals surface area contributed by atoms with E-state index in [9.17, 15) is 0 Å². The fourth-order valence-electron chi connectivity index (χ4n) is 1.67. The fourth-order valence-corrected chi connectivity index (χ4v) is 1.67. The minimum atomic E-state index is 0.704. The van der Waals surface area contributed by atoms with Gasteiger partial charge in [-0.1, -0.05) is 12.1 Å². The van der Waals surface area contributed by atoms with E-state index in [4.69, 9.17) is 0 Å². The van der Waals surface area contributed by atoms with E-state index < -0.39 is 0 Å². The van der Waals surface area contributed by atoms with Gasteiger partial charge in [0.05, 0.1) is 5.69 Å². The topological polar surface area (TPSA) is 52.7 Å². The minimum Gasteiger partial charge on any atom is -0.378 e. The Balaban J connectivity index is 2.21. The third kappa shape index (κ3) is 3.47. The minimum absolute atomic E-state index is 0.704. The van der Waals surface area contributed by atoms with Crippen molar-refractivity contribution in [1.29, 1.82) is 0 Å². The maximum absolute atomic E-state index is 4.23. The summed E-state index contributed by atoms with van der Waals surface area (Å²) < 4.78 is 0. The average Bonchev–Trinajstić information content (AvgIpc) is 2.47. The van der Waals surface area contributed by atoms with Crippen molar-refractivity contribution in [3.8, 4) is 0 Å². The number of rotatable bonds is 4. The summed E-state index contributed by atoms with van der Waals surface area (Å²) >= 11 is 0. The highest BCUT2D eigenvalue weighted by Gasteiger charge is 1.99. The first-order chi connectivity index (χ1) is 9.70. The summed E-state index contributed by atoms with van der Waals surface area (Å²) in [7, 11) is 5.64. The second kappa shape index (κ2) is 6.56. The van der Waals surface area contributed by atoms with Gasteiger partial charge >= 0.3 is 0 Å². The average molecular weight is 267 g/mol. The summed E-state index contributed by atoms with van der Waals surface area (Å²) in [5.74, 6) is 0. The molecule has 0 aliphatic rings. The SMILES string of the molecule is CN=Nc1ccccc1N=Nc1ccc(N(C)C)cc1. The molecule has 0 atom stereocenters. The van der Waals surface area contributed by atoms with Crippen LogP contribution < -0.4 is 4.90 Å². The monoisotopic (exact) mass is 267 g/mol. The van der Waals surface area contributed by atoms with Crippen LogP contribution in [0.5, 0.6) is 0 Å². The number of hydrogen-bond donors (Lipinski definition) is 0. The molecule has 0 aromatic heterocycles. The molecule has 0 N–H and O–H groups in total. The van der Waals surface area contributed by atoms with E-state index in [1.807, 2.05) is 67.5 Å². The van der Waals surface area contributed by atoms with Gasteiger partial charge in [-0.2, -0.15) is 15.3 Å². The quantitative estimate of drug-likeness (QED) is 0.728. The molecule has 5 heteroatoms. The summed E-state index contributed by atoms with van der Waals surface area (Å²) in [6.45, 7) is 0. The molecule has 2 aromatic carbocycles. The number of azo groups is 2. The van der Waals surface area contributed by atoms with Gasteiger partial charge in [0, 0.05) is 26.8 Å². The zero-order chi connectivity index (χ0) is 14.4. The van der Waals surface area contributed by atoms with Gasteiger partial charge in [-0.05, 0) is 36.4 Å². The molecule has 102 valence electrons. The molecule has 0 saturated carbocycles. The van der Waals surface area contributed by atoms with Crippen molar-refractivity contribution in [3.63, 3.8) is 0 Å². The molecule has 0 heterocycles. The molecular weight excluding hydrogens is 250 g/mol. The molecule has 0 aliphatic heterocycles. The molecule has 20 heavy (non-hydrogen) atoms. The van der Waals surface area contributed by atoms with Gasteiger partial charge in [0.15, 0.2) is 0 Å². The number of anilines is 1. The van der Waals surface area contributed by atoms with Crippen LogP contribution in [-0.4, -0.2) is 21.1 Å². The molecule has 0 bridgehead atoms. The van der Waals surface area contributed by atoms with E-state index in [1.54, 1.807) is 7.05 Å². The first-order valence-electron chi connectivity index (χ1n) is 6.28. The van der Waals surface area contributed by atoms with Crippen LogP contribution in [0.4, 0.5) is 22.7 Å². The van der Waals surface area contributed by atoms with Crippen molar-refractivity contribution >= 4 is 22.7 Å². The molecule has 0 aliphatic carbocycles. The van der Waals surface area contributed by atoms with E-state index in [1.165, 1.54) is 0 Å². The van der Waals surface area contributed by atoms with Crippen LogP contribution >= 0.6 is 0 Å². The first kappa shape index (κ1) is 13.9.